The molecule has 0 spiro atoms. The zero-order chi connectivity index (χ0) is 28.6. The molecule has 41 heavy (non-hydrogen) atoms. The second-order valence-electron chi connectivity index (χ2n) is 11.0. The summed E-state index contributed by atoms with van der Waals surface area (Å²) in [5.41, 5.74) is 3.95. The molecule has 4 aromatic rings. The van der Waals surface area contributed by atoms with Crippen molar-refractivity contribution in [2.24, 2.45) is 5.92 Å². The second-order valence-corrected chi connectivity index (χ2v) is 11.4. The highest BCUT2D eigenvalue weighted by molar-refractivity contribution is 6.30. The van der Waals surface area contributed by atoms with Crippen LogP contribution in [0.25, 0.3) is 10.9 Å². The number of hydrogen-bond donors (Lipinski definition) is 1. The standard InChI is InChI=1S/C34H40ClN3O3/c1-25-6-3-7-27(22-25)23-36-34(39)31-24-38(33-30(31)8-4-9-32(33)40-2)18-5-17-37-19-14-26(15-20-37)16-21-41-29-12-10-28(35)11-13-29/h3-4,6-13,22,24,26H,5,14-21,23H2,1-2H3,(H,36,39). The number of para-hydroxylation sites is 1. The molecule has 216 valence electrons. The zero-order valence-corrected chi connectivity index (χ0v) is 24.8. The van der Waals surface area contributed by atoms with E-state index in [1.165, 1.54) is 18.4 Å². The molecule has 0 aliphatic carbocycles. The van der Waals surface area contributed by atoms with Crippen molar-refractivity contribution in [1.29, 1.82) is 0 Å². The highest BCUT2D eigenvalue weighted by Crippen LogP contribution is 2.30. The van der Waals surface area contributed by atoms with E-state index in [-0.39, 0.29) is 5.91 Å². The predicted octanol–water partition coefficient (Wildman–Crippen LogP) is 7.11. The third-order valence-electron chi connectivity index (χ3n) is 8.05. The summed E-state index contributed by atoms with van der Waals surface area (Å²) in [6.07, 6.45) is 6.49. The van der Waals surface area contributed by atoms with E-state index in [0.29, 0.717) is 18.0 Å². The summed E-state index contributed by atoms with van der Waals surface area (Å²) >= 11 is 5.96. The lowest BCUT2D eigenvalue weighted by atomic mass is 9.94. The van der Waals surface area contributed by atoms with Gasteiger partial charge in [-0.25, -0.2) is 0 Å². The number of benzene rings is 3. The molecule has 1 N–H and O–H groups in total. The lowest BCUT2D eigenvalue weighted by Gasteiger charge is -2.32. The minimum Gasteiger partial charge on any atom is -0.495 e. The summed E-state index contributed by atoms with van der Waals surface area (Å²) in [4.78, 5) is 15.8. The zero-order valence-electron chi connectivity index (χ0n) is 24.1. The minimum absolute atomic E-state index is 0.0642. The molecular weight excluding hydrogens is 534 g/mol. The highest BCUT2D eigenvalue weighted by atomic mass is 35.5. The molecule has 1 aliphatic rings. The summed E-state index contributed by atoms with van der Waals surface area (Å²) in [6.45, 7) is 7.42. The van der Waals surface area contributed by atoms with Crippen LogP contribution in [0.4, 0.5) is 0 Å². The molecule has 7 heteroatoms. The number of rotatable bonds is 12. The lowest BCUT2D eigenvalue weighted by Crippen LogP contribution is -2.35. The average Bonchev–Trinajstić information content (AvgIpc) is 3.37. The number of halogens is 1. The molecule has 6 nitrogen and oxygen atoms in total. The molecule has 0 atom stereocenters. The second kappa shape index (κ2) is 13.9. The molecule has 2 heterocycles. The van der Waals surface area contributed by atoms with E-state index < -0.39 is 0 Å². The highest BCUT2D eigenvalue weighted by Gasteiger charge is 2.20. The Kier molecular flexibility index (Phi) is 9.86. The van der Waals surface area contributed by atoms with Crippen LogP contribution in [0.3, 0.4) is 0 Å². The topological polar surface area (TPSA) is 55.7 Å². The van der Waals surface area contributed by atoms with Crippen LogP contribution in [-0.4, -0.2) is 48.7 Å². The Morgan fingerprint density at radius 2 is 1.80 bits per heavy atom. The molecule has 0 unspecified atom stereocenters. The van der Waals surface area contributed by atoms with E-state index >= 15 is 0 Å². The number of nitrogens with zero attached hydrogens (tertiary/aromatic N) is 2. The van der Waals surface area contributed by atoms with Gasteiger partial charge in [-0.1, -0.05) is 53.6 Å². The minimum atomic E-state index is -0.0642. The first-order valence-corrected chi connectivity index (χ1v) is 15.0. The Bertz CT molecular complexity index is 1440. The maximum absolute atomic E-state index is 13.3. The van der Waals surface area contributed by atoms with Crippen LogP contribution in [-0.2, 0) is 13.1 Å². The lowest BCUT2D eigenvalue weighted by molar-refractivity contribution is 0.0952. The van der Waals surface area contributed by atoms with Gasteiger partial charge in [0.15, 0.2) is 0 Å². The van der Waals surface area contributed by atoms with Gasteiger partial charge in [0.05, 0.1) is 24.8 Å². The van der Waals surface area contributed by atoms with E-state index in [0.717, 1.165) is 78.6 Å². The first-order valence-electron chi connectivity index (χ1n) is 14.6. The van der Waals surface area contributed by atoms with Gasteiger partial charge >= 0.3 is 0 Å². The van der Waals surface area contributed by atoms with Crippen molar-refractivity contribution in [1.82, 2.24) is 14.8 Å². The fraction of sp³-hybridized carbons (Fsp3) is 0.382. The van der Waals surface area contributed by atoms with Gasteiger partial charge in [0.1, 0.15) is 11.5 Å². The van der Waals surface area contributed by atoms with Gasteiger partial charge in [0.25, 0.3) is 5.91 Å². The molecule has 1 aliphatic heterocycles. The van der Waals surface area contributed by atoms with E-state index in [1.54, 1.807) is 7.11 Å². The van der Waals surface area contributed by atoms with Gasteiger partial charge in [-0.05, 0) is 94.1 Å². The Labute approximate surface area is 248 Å². The number of hydrogen-bond acceptors (Lipinski definition) is 4. The molecule has 0 saturated carbocycles. The molecule has 1 amide bonds. The van der Waals surface area contributed by atoms with Crippen LogP contribution in [0.1, 0.15) is 47.2 Å². The van der Waals surface area contributed by atoms with Crippen molar-refractivity contribution in [2.45, 2.75) is 45.7 Å². The number of ether oxygens (including phenoxy) is 2. The van der Waals surface area contributed by atoms with E-state index in [4.69, 9.17) is 21.1 Å². The van der Waals surface area contributed by atoms with Crippen LogP contribution in [0.2, 0.25) is 5.02 Å². The Morgan fingerprint density at radius 3 is 2.56 bits per heavy atom. The van der Waals surface area contributed by atoms with Gasteiger partial charge in [-0.15, -0.1) is 0 Å². The van der Waals surface area contributed by atoms with Gasteiger partial charge in [0.2, 0.25) is 0 Å². The maximum atomic E-state index is 13.3. The number of fused-ring (bicyclic) bond motifs is 1. The van der Waals surface area contributed by atoms with E-state index in [2.05, 4.69) is 33.8 Å². The van der Waals surface area contributed by atoms with Crippen LogP contribution in [0, 0.1) is 12.8 Å². The van der Waals surface area contributed by atoms with Crippen molar-refractivity contribution in [2.75, 3.05) is 33.4 Å². The smallest absolute Gasteiger partial charge is 0.253 e. The molecular formula is C34H40ClN3O3. The van der Waals surface area contributed by atoms with E-state index in [1.807, 2.05) is 60.8 Å². The number of likely N-dealkylation sites (tertiary alicyclic amines) is 1. The summed E-state index contributed by atoms with van der Waals surface area (Å²) in [7, 11) is 1.69. The molecule has 0 radical (unpaired) electrons. The first kappa shape index (κ1) is 29.0. The molecule has 5 rings (SSSR count). The van der Waals surface area contributed by atoms with Crippen LogP contribution >= 0.6 is 11.6 Å². The summed E-state index contributed by atoms with van der Waals surface area (Å²) in [6, 6.07) is 21.7. The van der Waals surface area contributed by atoms with Crippen molar-refractivity contribution in [3.63, 3.8) is 0 Å². The van der Waals surface area contributed by atoms with Gasteiger partial charge < -0.3 is 24.3 Å². The molecule has 1 saturated heterocycles. The van der Waals surface area contributed by atoms with Crippen molar-refractivity contribution < 1.29 is 14.3 Å². The molecule has 0 bridgehead atoms. The third kappa shape index (κ3) is 7.63. The normalized spacial score (nSPS) is 14.3. The molecule has 3 aromatic carbocycles. The Hall–Kier alpha value is -3.48. The van der Waals surface area contributed by atoms with Gasteiger partial charge in [0, 0.05) is 29.7 Å². The summed E-state index contributed by atoms with van der Waals surface area (Å²) in [5.74, 6) is 2.32. The number of methoxy groups -OCH3 is 1. The maximum Gasteiger partial charge on any atom is 0.253 e. The number of aromatic nitrogens is 1. The average molecular weight is 574 g/mol. The van der Waals surface area contributed by atoms with Gasteiger partial charge in [-0.3, -0.25) is 4.79 Å². The van der Waals surface area contributed by atoms with Crippen molar-refractivity contribution in [3.05, 3.63) is 94.6 Å². The predicted molar refractivity (Wildman–Crippen MR) is 166 cm³/mol. The number of aryl methyl sites for hydroxylation is 2. The Morgan fingerprint density at radius 1 is 1.02 bits per heavy atom. The first-order chi connectivity index (χ1) is 20.0. The molecule has 1 fully saturated rings. The summed E-state index contributed by atoms with van der Waals surface area (Å²) in [5, 5.41) is 4.76. The third-order valence-corrected chi connectivity index (χ3v) is 8.30. The monoisotopic (exact) mass is 573 g/mol. The van der Waals surface area contributed by atoms with Crippen LogP contribution in [0.15, 0.2) is 72.9 Å². The van der Waals surface area contributed by atoms with Crippen LogP contribution < -0.4 is 14.8 Å². The Balaban J connectivity index is 1.13. The number of amides is 1. The van der Waals surface area contributed by atoms with Crippen molar-refractivity contribution in [3.8, 4) is 11.5 Å². The van der Waals surface area contributed by atoms with Crippen LogP contribution in [0.5, 0.6) is 11.5 Å². The number of piperidine rings is 1. The van der Waals surface area contributed by atoms with Crippen molar-refractivity contribution >= 4 is 28.4 Å². The number of carbonyl (C=O) groups is 1. The largest absolute Gasteiger partial charge is 0.495 e. The fourth-order valence-corrected chi connectivity index (χ4v) is 5.91. The van der Waals surface area contributed by atoms with Gasteiger partial charge in [-0.2, -0.15) is 0 Å². The SMILES string of the molecule is COc1cccc2c(C(=O)NCc3cccc(C)c3)cn(CCCN3CCC(CCOc4ccc(Cl)cc4)CC3)c12. The quantitative estimate of drug-likeness (QED) is 0.196. The summed E-state index contributed by atoms with van der Waals surface area (Å²) < 4.78 is 13.8. The fourth-order valence-electron chi connectivity index (χ4n) is 5.79. The number of nitrogens with one attached hydrogen (secondary N) is 1. The van der Waals surface area contributed by atoms with E-state index in [9.17, 15) is 4.79 Å². The molecule has 1 aromatic heterocycles. The number of carbonyl (C=O) groups excluding carboxylic acids is 1.